The van der Waals surface area contributed by atoms with Gasteiger partial charge >= 0.3 is 7.60 Å². The highest BCUT2D eigenvalue weighted by molar-refractivity contribution is 7.51. The topological polar surface area (TPSA) is 134 Å². The van der Waals surface area contributed by atoms with Crippen LogP contribution < -0.4 is 11.1 Å². The molecule has 26 heavy (non-hydrogen) atoms. The van der Waals surface area contributed by atoms with Crippen molar-refractivity contribution in [2.45, 2.75) is 19.8 Å². The summed E-state index contributed by atoms with van der Waals surface area (Å²) in [4.78, 5) is 34.2. The fourth-order valence-electron chi connectivity index (χ4n) is 2.47. The van der Waals surface area contributed by atoms with Gasteiger partial charge in [-0.25, -0.2) is 4.99 Å². The van der Waals surface area contributed by atoms with Gasteiger partial charge in [-0.2, -0.15) is 0 Å². The molecule has 1 heterocycles. The molecule has 0 bridgehead atoms. The minimum absolute atomic E-state index is 0.205. The van der Waals surface area contributed by atoms with Crippen molar-refractivity contribution >= 4 is 31.1 Å². The number of nitrogens with two attached hydrogens (primary N) is 1. The maximum atomic E-state index is 12.3. The molecule has 2 rings (SSSR count). The summed E-state index contributed by atoms with van der Waals surface area (Å²) in [6.45, 7) is 2.76. The van der Waals surface area contributed by atoms with Crippen molar-refractivity contribution in [3.63, 3.8) is 0 Å². The standard InChI is InChI=1S/C17H24N3O5P/c1-12-3-4-13-10-14(11-16(18)20-15(13)9-12)17(21)19-5-7-25-6-2-8-26(22,23)24/h3-4,9-10H,2,5-8,11H2,1H3,(H2,18,20)(H,19,21)(H2,22,23,24). The molecule has 1 aromatic carbocycles. The lowest BCUT2D eigenvalue weighted by Gasteiger charge is -2.09. The molecular weight excluding hydrogens is 357 g/mol. The van der Waals surface area contributed by atoms with Gasteiger partial charge in [0.1, 0.15) is 5.84 Å². The molecular formula is C17H24N3O5P. The number of nitrogens with one attached hydrogen (secondary N) is 1. The maximum Gasteiger partial charge on any atom is 0.325 e. The molecule has 0 atom stereocenters. The van der Waals surface area contributed by atoms with Gasteiger partial charge in [-0.1, -0.05) is 12.1 Å². The third-order valence-corrected chi connectivity index (χ3v) is 4.61. The van der Waals surface area contributed by atoms with E-state index in [4.69, 9.17) is 20.3 Å². The molecule has 5 N–H and O–H groups in total. The fourth-order valence-corrected chi connectivity index (χ4v) is 3.01. The number of amidine groups is 1. The number of rotatable bonds is 8. The van der Waals surface area contributed by atoms with Crippen molar-refractivity contribution in [1.82, 2.24) is 5.32 Å². The van der Waals surface area contributed by atoms with E-state index in [2.05, 4.69) is 10.3 Å². The van der Waals surface area contributed by atoms with Gasteiger partial charge in [0.05, 0.1) is 18.5 Å². The summed E-state index contributed by atoms with van der Waals surface area (Å²) in [5, 5.41) is 2.75. The van der Waals surface area contributed by atoms with E-state index < -0.39 is 7.60 Å². The van der Waals surface area contributed by atoms with E-state index in [1.807, 2.05) is 25.1 Å². The SMILES string of the molecule is Cc1ccc2c(c1)N=C(N)CC(C(=O)NCCOCCCP(=O)(O)O)=C2. The summed E-state index contributed by atoms with van der Waals surface area (Å²) in [6.07, 6.45) is 2.12. The zero-order valence-electron chi connectivity index (χ0n) is 14.6. The highest BCUT2D eigenvalue weighted by atomic mass is 31.2. The van der Waals surface area contributed by atoms with E-state index in [-0.39, 0.29) is 38.1 Å². The highest BCUT2D eigenvalue weighted by Crippen LogP contribution is 2.34. The van der Waals surface area contributed by atoms with Gasteiger partial charge in [-0.3, -0.25) is 9.36 Å². The predicted octanol–water partition coefficient (Wildman–Crippen LogP) is 1.47. The second-order valence-electron chi connectivity index (χ2n) is 6.12. The molecule has 1 aliphatic rings. The first-order chi connectivity index (χ1) is 12.2. The Hall–Kier alpha value is -1.99. The number of ether oxygens (including phenoxy) is 1. The number of carbonyl (C=O) groups is 1. The molecule has 1 amide bonds. The van der Waals surface area contributed by atoms with E-state index >= 15 is 0 Å². The molecule has 0 saturated carbocycles. The Morgan fingerprint density at radius 2 is 2.15 bits per heavy atom. The fraction of sp³-hybridized carbons (Fsp3) is 0.412. The number of nitrogens with zero attached hydrogens (tertiary/aromatic N) is 1. The van der Waals surface area contributed by atoms with E-state index in [1.54, 1.807) is 6.08 Å². The first kappa shape index (κ1) is 20.3. The molecule has 9 heteroatoms. The van der Waals surface area contributed by atoms with Crippen LogP contribution in [0.15, 0.2) is 28.8 Å². The third-order valence-electron chi connectivity index (χ3n) is 3.71. The van der Waals surface area contributed by atoms with Crippen LogP contribution in [0.25, 0.3) is 6.08 Å². The summed E-state index contributed by atoms with van der Waals surface area (Å²) in [5.41, 5.74) is 9.10. The van der Waals surface area contributed by atoms with Gasteiger partial charge in [0.25, 0.3) is 0 Å². The van der Waals surface area contributed by atoms with E-state index in [0.717, 1.165) is 16.8 Å². The summed E-state index contributed by atoms with van der Waals surface area (Å²) >= 11 is 0. The van der Waals surface area contributed by atoms with Gasteiger partial charge in [-0.05, 0) is 31.1 Å². The first-order valence-corrected chi connectivity index (χ1v) is 10.1. The second-order valence-corrected chi connectivity index (χ2v) is 7.90. The van der Waals surface area contributed by atoms with Crippen LogP contribution in [0.4, 0.5) is 5.69 Å². The maximum absolute atomic E-state index is 12.3. The van der Waals surface area contributed by atoms with Crippen molar-refractivity contribution in [1.29, 1.82) is 0 Å². The molecule has 1 aliphatic heterocycles. The minimum Gasteiger partial charge on any atom is -0.387 e. The molecule has 142 valence electrons. The van der Waals surface area contributed by atoms with Crippen LogP contribution in [0.2, 0.25) is 0 Å². The van der Waals surface area contributed by atoms with E-state index in [0.29, 0.717) is 18.0 Å². The largest absolute Gasteiger partial charge is 0.387 e. The summed E-state index contributed by atoms with van der Waals surface area (Å²) in [7, 11) is -3.98. The summed E-state index contributed by atoms with van der Waals surface area (Å²) in [6, 6.07) is 5.78. The number of fused-ring (bicyclic) bond motifs is 1. The number of amides is 1. The summed E-state index contributed by atoms with van der Waals surface area (Å²) in [5.74, 6) is 0.139. The van der Waals surface area contributed by atoms with Crippen LogP contribution in [-0.2, 0) is 14.1 Å². The molecule has 0 spiro atoms. The molecule has 8 nitrogen and oxygen atoms in total. The van der Waals surface area contributed by atoms with Crippen LogP contribution in [-0.4, -0.2) is 47.5 Å². The van der Waals surface area contributed by atoms with Crippen molar-refractivity contribution in [2.24, 2.45) is 10.7 Å². The van der Waals surface area contributed by atoms with Gasteiger partial charge in [0, 0.05) is 30.7 Å². The number of carbonyl (C=O) groups excluding carboxylic acids is 1. The molecule has 0 unspecified atom stereocenters. The quantitative estimate of drug-likeness (QED) is 0.398. The molecule has 0 fully saturated rings. The Labute approximate surface area is 152 Å². The van der Waals surface area contributed by atoms with Crippen LogP contribution in [0.3, 0.4) is 0 Å². The predicted molar refractivity (Wildman–Crippen MR) is 100 cm³/mol. The van der Waals surface area contributed by atoms with Gasteiger partial charge in [0.15, 0.2) is 0 Å². The molecule has 1 aromatic rings. The lowest BCUT2D eigenvalue weighted by atomic mass is 10.1. The van der Waals surface area contributed by atoms with Crippen LogP contribution in [0.5, 0.6) is 0 Å². The Morgan fingerprint density at radius 3 is 2.88 bits per heavy atom. The second kappa shape index (κ2) is 9.09. The molecule has 0 aliphatic carbocycles. The Kier molecular flexibility index (Phi) is 7.11. The lowest BCUT2D eigenvalue weighted by Crippen LogP contribution is -2.30. The monoisotopic (exact) mass is 381 g/mol. The van der Waals surface area contributed by atoms with E-state index in [1.165, 1.54) is 0 Å². The van der Waals surface area contributed by atoms with Crippen molar-refractivity contribution in [2.75, 3.05) is 25.9 Å². The zero-order chi connectivity index (χ0) is 19.2. The smallest absolute Gasteiger partial charge is 0.325 e. The number of hydrogen-bond donors (Lipinski definition) is 4. The van der Waals surface area contributed by atoms with Gasteiger partial charge < -0.3 is 25.6 Å². The Morgan fingerprint density at radius 1 is 1.38 bits per heavy atom. The number of aryl methyl sites for hydroxylation is 1. The Bertz CT molecular complexity index is 770. The van der Waals surface area contributed by atoms with Crippen LogP contribution in [0.1, 0.15) is 24.0 Å². The van der Waals surface area contributed by atoms with Gasteiger partial charge in [0.2, 0.25) is 5.91 Å². The molecule has 0 aromatic heterocycles. The lowest BCUT2D eigenvalue weighted by molar-refractivity contribution is -0.117. The highest BCUT2D eigenvalue weighted by Gasteiger charge is 2.16. The number of hydrogen-bond acceptors (Lipinski definition) is 5. The average molecular weight is 381 g/mol. The van der Waals surface area contributed by atoms with Crippen LogP contribution in [0, 0.1) is 6.92 Å². The first-order valence-electron chi connectivity index (χ1n) is 8.29. The van der Waals surface area contributed by atoms with Gasteiger partial charge in [-0.15, -0.1) is 0 Å². The third kappa shape index (κ3) is 6.72. The zero-order valence-corrected chi connectivity index (χ0v) is 15.5. The minimum atomic E-state index is -3.98. The average Bonchev–Trinajstić information content (AvgIpc) is 2.70. The molecule has 0 saturated heterocycles. The van der Waals surface area contributed by atoms with Crippen LogP contribution >= 0.6 is 7.60 Å². The number of aliphatic imine (C=N–C) groups is 1. The van der Waals surface area contributed by atoms with E-state index in [9.17, 15) is 9.36 Å². The Balaban J connectivity index is 1.83. The number of benzene rings is 1. The molecule has 0 radical (unpaired) electrons. The van der Waals surface area contributed by atoms with Crippen molar-refractivity contribution in [3.8, 4) is 0 Å². The normalized spacial score (nSPS) is 14.1. The van der Waals surface area contributed by atoms with Crippen molar-refractivity contribution < 1.29 is 23.9 Å². The summed E-state index contributed by atoms with van der Waals surface area (Å²) < 4.78 is 16.0. The van der Waals surface area contributed by atoms with Crippen molar-refractivity contribution in [3.05, 3.63) is 34.9 Å².